The lowest BCUT2D eigenvalue weighted by atomic mass is 10.2. The van der Waals surface area contributed by atoms with Gasteiger partial charge in [0.15, 0.2) is 17.3 Å². The van der Waals surface area contributed by atoms with Crippen molar-refractivity contribution >= 4 is 17.7 Å². The first-order valence-corrected chi connectivity index (χ1v) is 9.38. The molecule has 1 aliphatic rings. The number of rotatable bonds is 6. The van der Waals surface area contributed by atoms with Crippen LogP contribution in [-0.4, -0.2) is 33.1 Å². The van der Waals surface area contributed by atoms with Crippen LogP contribution in [0.4, 0.5) is 0 Å². The first-order valence-electron chi connectivity index (χ1n) is 8.50. The lowest BCUT2D eigenvalue weighted by molar-refractivity contribution is -0.120. The van der Waals surface area contributed by atoms with Crippen molar-refractivity contribution in [2.75, 3.05) is 6.79 Å². The highest BCUT2D eigenvalue weighted by molar-refractivity contribution is 8.00. The average molecular weight is 382 g/mol. The molecule has 2 aromatic carbocycles. The van der Waals surface area contributed by atoms with Crippen molar-refractivity contribution in [1.29, 1.82) is 0 Å². The van der Waals surface area contributed by atoms with E-state index in [0.717, 1.165) is 16.9 Å². The largest absolute Gasteiger partial charge is 0.454 e. The summed E-state index contributed by atoms with van der Waals surface area (Å²) in [5, 5.41) is 10.2. The molecular weight excluding hydrogens is 364 g/mol. The van der Waals surface area contributed by atoms with Crippen molar-refractivity contribution in [3.8, 4) is 22.9 Å². The summed E-state index contributed by atoms with van der Waals surface area (Å²) in [4.78, 5) is 16.8. The topological polar surface area (TPSA) is 89.1 Å². The summed E-state index contributed by atoms with van der Waals surface area (Å²) < 4.78 is 10.6. The molecule has 0 bridgehead atoms. The highest BCUT2D eigenvalue weighted by Crippen LogP contribution is 2.32. The minimum Gasteiger partial charge on any atom is -0.454 e. The molecule has 27 heavy (non-hydrogen) atoms. The molecule has 0 aliphatic carbocycles. The number of H-pyrrole nitrogens is 1. The highest BCUT2D eigenvalue weighted by atomic mass is 32.2. The number of ether oxygens (including phenoxy) is 2. The molecule has 0 spiro atoms. The van der Waals surface area contributed by atoms with Gasteiger partial charge in [-0.3, -0.25) is 9.89 Å². The number of hydrogen-bond acceptors (Lipinski definition) is 6. The van der Waals surface area contributed by atoms with Gasteiger partial charge < -0.3 is 14.8 Å². The van der Waals surface area contributed by atoms with Gasteiger partial charge >= 0.3 is 0 Å². The normalized spacial score (nSPS) is 13.4. The SMILES string of the molecule is C[C@H](Sc1n[nH]c(-c2ccccc2)n1)C(=O)NCc1ccc2c(c1)OCO2. The summed E-state index contributed by atoms with van der Waals surface area (Å²) in [6.45, 7) is 2.49. The van der Waals surface area contributed by atoms with Gasteiger partial charge in [-0.25, -0.2) is 4.98 Å². The van der Waals surface area contributed by atoms with E-state index >= 15 is 0 Å². The standard InChI is InChI=1S/C19H18N4O3S/c1-12(27-19-21-17(22-23-19)14-5-3-2-4-6-14)18(24)20-10-13-7-8-15-16(9-13)26-11-25-15/h2-9,12H,10-11H2,1H3,(H,20,24)(H,21,22,23)/t12-/m0/s1. The molecule has 1 atom stereocenters. The van der Waals surface area contributed by atoms with Gasteiger partial charge in [0, 0.05) is 12.1 Å². The van der Waals surface area contributed by atoms with Crippen LogP contribution in [0.25, 0.3) is 11.4 Å². The van der Waals surface area contributed by atoms with Gasteiger partial charge in [0.1, 0.15) is 0 Å². The molecule has 2 N–H and O–H groups in total. The van der Waals surface area contributed by atoms with Crippen molar-refractivity contribution in [2.24, 2.45) is 0 Å². The van der Waals surface area contributed by atoms with Gasteiger partial charge in [0.25, 0.3) is 0 Å². The van der Waals surface area contributed by atoms with Crippen LogP contribution in [-0.2, 0) is 11.3 Å². The smallest absolute Gasteiger partial charge is 0.233 e. The van der Waals surface area contributed by atoms with Crippen molar-refractivity contribution in [2.45, 2.75) is 23.9 Å². The van der Waals surface area contributed by atoms with E-state index in [-0.39, 0.29) is 18.0 Å². The fourth-order valence-electron chi connectivity index (χ4n) is 2.62. The zero-order chi connectivity index (χ0) is 18.6. The second kappa shape index (κ2) is 7.71. The van der Waals surface area contributed by atoms with Gasteiger partial charge in [-0.15, -0.1) is 5.10 Å². The second-order valence-corrected chi connectivity index (χ2v) is 7.31. The Morgan fingerprint density at radius 1 is 1.22 bits per heavy atom. The van der Waals surface area contributed by atoms with Crippen molar-refractivity contribution < 1.29 is 14.3 Å². The van der Waals surface area contributed by atoms with E-state index < -0.39 is 0 Å². The molecule has 1 aromatic heterocycles. The molecule has 138 valence electrons. The van der Waals surface area contributed by atoms with Crippen LogP contribution >= 0.6 is 11.8 Å². The van der Waals surface area contributed by atoms with Crippen LogP contribution in [0.1, 0.15) is 12.5 Å². The predicted octanol–water partition coefficient (Wildman–Crippen LogP) is 3.00. The summed E-state index contributed by atoms with van der Waals surface area (Å²) in [6, 6.07) is 15.4. The van der Waals surface area contributed by atoms with Gasteiger partial charge in [0.2, 0.25) is 17.9 Å². The van der Waals surface area contributed by atoms with Crippen LogP contribution in [0.3, 0.4) is 0 Å². The molecule has 8 heteroatoms. The Balaban J connectivity index is 1.32. The fourth-order valence-corrected chi connectivity index (χ4v) is 3.37. The molecule has 0 unspecified atom stereocenters. The van der Waals surface area contributed by atoms with E-state index in [1.807, 2.05) is 55.5 Å². The lowest BCUT2D eigenvalue weighted by Crippen LogP contribution is -2.30. The van der Waals surface area contributed by atoms with Gasteiger partial charge in [0.05, 0.1) is 5.25 Å². The summed E-state index contributed by atoms with van der Waals surface area (Å²) >= 11 is 1.31. The van der Waals surface area contributed by atoms with Crippen LogP contribution in [0.5, 0.6) is 11.5 Å². The van der Waals surface area contributed by atoms with Crippen LogP contribution in [0.2, 0.25) is 0 Å². The van der Waals surface area contributed by atoms with E-state index in [4.69, 9.17) is 9.47 Å². The number of hydrogen-bond donors (Lipinski definition) is 2. The molecule has 0 radical (unpaired) electrons. The second-order valence-electron chi connectivity index (χ2n) is 6.00. The lowest BCUT2D eigenvalue weighted by Gasteiger charge is -2.10. The van der Waals surface area contributed by atoms with E-state index in [0.29, 0.717) is 23.3 Å². The third kappa shape index (κ3) is 4.06. The van der Waals surface area contributed by atoms with Gasteiger partial charge in [-0.05, 0) is 24.6 Å². The summed E-state index contributed by atoms with van der Waals surface area (Å²) in [6.07, 6.45) is 0. The number of fused-ring (bicyclic) bond motifs is 1. The molecule has 4 rings (SSSR count). The zero-order valence-corrected chi connectivity index (χ0v) is 15.5. The Hall–Kier alpha value is -3.00. The third-order valence-electron chi connectivity index (χ3n) is 4.07. The third-order valence-corrected chi connectivity index (χ3v) is 5.03. The van der Waals surface area contributed by atoms with E-state index in [1.165, 1.54) is 11.8 Å². The first kappa shape index (κ1) is 17.4. The van der Waals surface area contributed by atoms with E-state index in [2.05, 4.69) is 20.5 Å². The minimum absolute atomic E-state index is 0.0799. The predicted molar refractivity (Wildman–Crippen MR) is 102 cm³/mol. The fraction of sp³-hybridized carbons (Fsp3) is 0.211. The van der Waals surface area contributed by atoms with Crippen LogP contribution in [0.15, 0.2) is 53.7 Å². The molecule has 0 saturated heterocycles. The minimum atomic E-state index is -0.321. The molecular formula is C19H18N4O3S. The molecule has 1 aliphatic heterocycles. The number of carbonyl (C=O) groups excluding carboxylic acids is 1. The highest BCUT2D eigenvalue weighted by Gasteiger charge is 2.18. The number of amides is 1. The quantitative estimate of drug-likeness (QED) is 0.637. The van der Waals surface area contributed by atoms with Crippen LogP contribution in [0, 0.1) is 0 Å². The Morgan fingerprint density at radius 3 is 2.89 bits per heavy atom. The Kier molecular flexibility index (Phi) is 4.97. The monoisotopic (exact) mass is 382 g/mol. The van der Waals surface area contributed by atoms with E-state index in [9.17, 15) is 4.79 Å². The van der Waals surface area contributed by atoms with Crippen molar-refractivity contribution in [3.05, 3.63) is 54.1 Å². The Labute approximate surface area is 160 Å². The molecule has 7 nitrogen and oxygen atoms in total. The summed E-state index contributed by atoms with van der Waals surface area (Å²) in [5.74, 6) is 2.04. The maximum absolute atomic E-state index is 12.4. The summed E-state index contributed by atoms with van der Waals surface area (Å²) in [7, 11) is 0. The Bertz CT molecular complexity index is 945. The molecule has 3 aromatic rings. The number of aromatic amines is 1. The van der Waals surface area contributed by atoms with Gasteiger partial charge in [-0.2, -0.15) is 0 Å². The van der Waals surface area contributed by atoms with Crippen molar-refractivity contribution in [3.63, 3.8) is 0 Å². The number of nitrogens with one attached hydrogen (secondary N) is 2. The average Bonchev–Trinajstić information content (AvgIpc) is 3.35. The van der Waals surface area contributed by atoms with Crippen molar-refractivity contribution in [1.82, 2.24) is 20.5 Å². The number of carbonyl (C=O) groups is 1. The number of thioether (sulfide) groups is 1. The van der Waals surface area contributed by atoms with Gasteiger partial charge in [-0.1, -0.05) is 48.2 Å². The van der Waals surface area contributed by atoms with Crippen LogP contribution < -0.4 is 14.8 Å². The molecule has 0 fully saturated rings. The molecule has 0 saturated carbocycles. The number of benzene rings is 2. The zero-order valence-electron chi connectivity index (χ0n) is 14.6. The Morgan fingerprint density at radius 2 is 2.04 bits per heavy atom. The van der Waals surface area contributed by atoms with E-state index in [1.54, 1.807) is 0 Å². The summed E-state index contributed by atoms with van der Waals surface area (Å²) in [5.41, 5.74) is 1.91. The number of aromatic nitrogens is 3. The molecule has 2 heterocycles. The maximum Gasteiger partial charge on any atom is 0.233 e. The molecule has 1 amide bonds. The number of nitrogens with zero attached hydrogens (tertiary/aromatic N) is 2. The first-order chi connectivity index (χ1) is 13.2. The maximum atomic E-state index is 12.4.